The first-order chi connectivity index (χ1) is 37.0. The summed E-state index contributed by atoms with van der Waals surface area (Å²) < 4.78 is 19.0. The van der Waals surface area contributed by atoms with Gasteiger partial charge in [-0.05, 0) is 154 Å². The summed E-state index contributed by atoms with van der Waals surface area (Å²) >= 11 is 0. The number of pyridine rings is 2. The second kappa shape index (κ2) is 20.4. The number of hydrogen-bond acceptors (Lipinski definition) is 13. The highest BCUT2D eigenvalue weighted by Gasteiger charge is 2.67. The lowest BCUT2D eigenvalue weighted by Crippen LogP contribution is -2.57. The quantitative estimate of drug-likeness (QED) is 0.0823. The third kappa shape index (κ3) is 8.93. The van der Waals surface area contributed by atoms with Gasteiger partial charge in [0.25, 0.3) is 5.56 Å². The van der Waals surface area contributed by atoms with Gasteiger partial charge in [-0.25, -0.2) is 14.6 Å². The summed E-state index contributed by atoms with van der Waals surface area (Å²) in [7, 11) is 2.15. The minimum atomic E-state index is -1.90. The number of amides is 1. The molecule has 15 nitrogen and oxygen atoms in total. The van der Waals surface area contributed by atoms with Crippen LogP contribution in [0.5, 0.6) is 5.75 Å². The average molecular weight is 1050 g/mol. The number of aromatic nitrogens is 2. The van der Waals surface area contributed by atoms with Crippen LogP contribution in [0.1, 0.15) is 145 Å². The number of anilines is 1. The smallest absolute Gasteiger partial charge is 0.415 e. The number of fused-ring (bicyclic) bond motifs is 9. The Labute approximate surface area is 450 Å². The SMILES string of the molecule is CCc1c2c(nc3ccc(OC(=O)N4CCN(CCCCCCN(C)c5ccc(C6CC7(C)[C@@H](CCC7(OC(C)=O)C(C)=O)C7CCC8=CC(=O)CCC8=C67)cc5)CC4)cc13)-c1cc3c(c(=O)n1C2)COC(=O)[C@]3(O)CC. The highest BCUT2D eigenvalue weighted by Crippen LogP contribution is 2.68. The first-order valence-corrected chi connectivity index (χ1v) is 28.3. The third-order valence-corrected chi connectivity index (χ3v) is 19.2. The van der Waals surface area contributed by atoms with E-state index in [1.165, 1.54) is 29.2 Å². The summed E-state index contributed by atoms with van der Waals surface area (Å²) in [5, 5.41) is 12.1. The Hall–Kier alpha value is -6.45. The topological polar surface area (TPSA) is 178 Å². The average Bonchev–Trinajstić information content (AvgIpc) is 3.97. The number of ketones is 2. The van der Waals surface area contributed by atoms with Crippen LogP contribution in [0.4, 0.5) is 10.5 Å². The van der Waals surface area contributed by atoms with Crippen LogP contribution < -0.4 is 15.2 Å². The number of nitrogens with zero attached hydrogens (tertiary/aromatic N) is 5. The number of carbonyl (C=O) groups is 5. The number of carbonyl (C=O) groups excluding carboxylic acids is 5. The second-order valence-electron chi connectivity index (χ2n) is 23.2. The van der Waals surface area contributed by atoms with Gasteiger partial charge in [0.2, 0.25) is 0 Å². The summed E-state index contributed by atoms with van der Waals surface area (Å²) in [6.07, 6.45) is 11.9. The van der Waals surface area contributed by atoms with Gasteiger partial charge in [-0.3, -0.25) is 24.1 Å². The number of Topliss-reactive ketones (excluding diaryl/α,β-unsaturated/α-hetero) is 1. The molecule has 3 aliphatic heterocycles. The molecular weight excluding hydrogens is 975 g/mol. The van der Waals surface area contributed by atoms with Crippen molar-refractivity contribution in [3.63, 3.8) is 0 Å². The van der Waals surface area contributed by atoms with E-state index in [-0.39, 0.29) is 65.1 Å². The lowest BCUT2D eigenvalue weighted by Gasteiger charge is -2.55. The molecule has 4 aliphatic carbocycles. The fourth-order valence-electron chi connectivity index (χ4n) is 15.1. The van der Waals surface area contributed by atoms with E-state index in [4.69, 9.17) is 19.2 Å². The van der Waals surface area contributed by atoms with E-state index < -0.39 is 28.6 Å². The van der Waals surface area contributed by atoms with Gasteiger partial charge in [-0.15, -0.1) is 0 Å². The summed E-state index contributed by atoms with van der Waals surface area (Å²) in [6.45, 7) is 13.7. The Bertz CT molecular complexity index is 3220. The fraction of sp³-hybridized carbons (Fsp3) is 0.532. The van der Waals surface area contributed by atoms with E-state index in [1.807, 2.05) is 25.1 Å². The zero-order valence-corrected chi connectivity index (χ0v) is 45.6. The van der Waals surface area contributed by atoms with Crippen LogP contribution in [0.3, 0.4) is 0 Å². The van der Waals surface area contributed by atoms with Crippen molar-refractivity contribution >= 4 is 46.2 Å². The van der Waals surface area contributed by atoms with Gasteiger partial charge >= 0.3 is 18.0 Å². The molecule has 5 heterocycles. The van der Waals surface area contributed by atoms with Crippen LogP contribution in [0.15, 0.2) is 76.1 Å². The number of aliphatic hydroxyl groups is 1. The Balaban J connectivity index is 0.663. The molecular formula is C62H73N5O10. The summed E-state index contributed by atoms with van der Waals surface area (Å²) in [4.78, 5) is 90.2. The van der Waals surface area contributed by atoms with Crippen LogP contribution >= 0.6 is 0 Å². The minimum Gasteiger partial charge on any atom is -0.458 e. The highest BCUT2D eigenvalue weighted by molar-refractivity contribution is 5.94. The number of cyclic esters (lactones) is 1. The van der Waals surface area contributed by atoms with Gasteiger partial charge in [0.05, 0.1) is 29.0 Å². The van der Waals surface area contributed by atoms with Crippen LogP contribution in [0.25, 0.3) is 22.3 Å². The number of ether oxygens (including phenoxy) is 3. The fourth-order valence-corrected chi connectivity index (χ4v) is 15.1. The molecule has 0 radical (unpaired) electrons. The lowest BCUT2D eigenvalue weighted by atomic mass is 9.50. The predicted molar refractivity (Wildman–Crippen MR) is 292 cm³/mol. The Kier molecular flexibility index (Phi) is 13.9. The maximum Gasteiger partial charge on any atom is 0.415 e. The molecule has 2 aromatic heterocycles. The van der Waals surface area contributed by atoms with Gasteiger partial charge in [0, 0.05) is 86.6 Å². The van der Waals surface area contributed by atoms with Gasteiger partial charge in [-0.2, -0.15) is 0 Å². The van der Waals surface area contributed by atoms with Crippen molar-refractivity contribution in [3.8, 4) is 17.1 Å². The molecule has 0 spiro atoms. The number of piperazine rings is 1. The second-order valence-corrected chi connectivity index (χ2v) is 23.2. The highest BCUT2D eigenvalue weighted by atomic mass is 16.6. The van der Waals surface area contributed by atoms with Crippen molar-refractivity contribution in [1.29, 1.82) is 0 Å². The molecule has 1 saturated heterocycles. The zero-order valence-electron chi connectivity index (χ0n) is 45.6. The number of rotatable bonds is 14. The van der Waals surface area contributed by atoms with Gasteiger partial charge in [0.15, 0.2) is 22.8 Å². The maximum absolute atomic E-state index is 13.8. The Morgan fingerprint density at radius 2 is 1.68 bits per heavy atom. The molecule has 2 saturated carbocycles. The van der Waals surface area contributed by atoms with Crippen molar-refractivity contribution in [2.24, 2.45) is 17.3 Å². The molecule has 77 heavy (non-hydrogen) atoms. The van der Waals surface area contributed by atoms with Gasteiger partial charge < -0.3 is 33.7 Å². The number of aryl methyl sites for hydroxylation is 1. The van der Waals surface area contributed by atoms with E-state index in [0.29, 0.717) is 61.6 Å². The van der Waals surface area contributed by atoms with Gasteiger partial charge in [-0.1, -0.05) is 51.3 Å². The van der Waals surface area contributed by atoms with E-state index in [1.54, 1.807) is 35.4 Å². The van der Waals surface area contributed by atoms with Crippen LogP contribution in [-0.2, 0) is 53.8 Å². The molecule has 15 heteroatoms. The number of benzene rings is 2. The van der Waals surface area contributed by atoms with Crippen LogP contribution in [-0.4, -0.2) is 106 Å². The molecule has 4 aromatic rings. The number of unbranched alkanes of at least 4 members (excludes halogenated alkanes) is 3. The molecule has 4 unspecified atom stereocenters. The molecule has 11 rings (SSSR count). The molecule has 2 aromatic carbocycles. The monoisotopic (exact) mass is 1050 g/mol. The van der Waals surface area contributed by atoms with E-state index >= 15 is 0 Å². The van der Waals surface area contributed by atoms with E-state index in [0.717, 1.165) is 106 Å². The van der Waals surface area contributed by atoms with E-state index in [9.17, 15) is 33.9 Å². The van der Waals surface area contributed by atoms with Crippen LogP contribution in [0, 0.1) is 17.3 Å². The minimum absolute atomic E-state index is 0.0582. The maximum atomic E-state index is 13.8. The standard InChI is InChI=1S/C62H73N5O10/c1-7-44-47-32-43(19-22-53(47)63-56-49(44)35-67-54(56)33-52-50(57(67)71)36-75-58(72)61(52,74)8-2)76-59(73)66-29-27-65(28-30-66)26-12-10-9-11-25-64(6)41-16-13-39(14-17-41)48-34-60(5)51(23-24-62(60,37(3)68)77-38(4)69)46-20-15-40-31-42(70)18-21-45(40)55(46)48/h13-14,16-17,19,22,31-33,46,48,51,74H,7-12,15,18,20-21,23-30,34-36H2,1-6H3/t46?,48?,51-,60?,61-,62?/m0/s1. The van der Waals surface area contributed by atoms with Crippen molar-refractivity contribution in [3.05, 3.63) is 109 Å². The molecule has 3 fully saturated rings. The van der Waals surface area contributed by atoms with Crippen molar-refractivity contribution in [1.82, 2.24) is 19.4 Å². The molecule has 406 valence electrons. The van der Waals surface area contributed by atoms with Crippen molar-refractivity contribution in [2.75, 3.05) is 51.2 Å². The molecule has 7 aliphatic rings. The Morgan fingerprint density at radius 1 is 0.909 bits per heavy atom. The van der Waals surface area contributed by atoms with E-state index in [2.05, 4.69) is 48.0 Å². The summed E-state index contributed by atoms with van der Waals surface area (Å²) in [5.74, 6) is -0.0134. The first-order valence-electron chi connectivity index (χ1n) is 28.3. The molecule has 1 amide bonds. The largest absolute Gasteiger partial charge is 0.458 e. The molecule has 6 atom stereocenters. The van der Waals surface area contributed by atoms with Crippen molar-refractivity contribution < 1.29 is 43.3 Å². The van der Waals surface area contributed by atoms with Crippen LogP contribution in [0.2, 0.25) is 0 Å². The number of hydrogen-bond donors (Lipinski definition) is 1. The predicted octanol–water partition coefficient (Wildman–Crippen LogP) is 9.25. The summed E-state index contributed by atoms with van der Waals surface area (Å²) in [5.41, 5.74) is 6.90. The molecule has 0 bridgehead atoms. The van der Waals surface area contributed by atoms with Crippen molar-refractivity contribution in [2.45, 2.75) is 148 Å². The lowest BCUT2D eigenvalue weighted by molar-refractivity contribution is -0.182. The van der Waals surface area contributed by atoms with Gasteiger partial charge in [0.1, 0.15) is 12.4 Å². The molecule has 1 N–H and O–H groups in total. The summed E-state index contributed by atoms with van der Waals surface area (Å²) in [6, 6.07) is 16.1. The number of allylic oxidation sites excluding steroid dienone is 4. The zero-order chi connectivity index (χ0) is 54.1. The Morgan fingerprint density at radius 3 is 2.40 bits per heavy atom. The third-order valence-electron chi connectivity index (χ3n) is 19.2. The first kappa shape index (κ1) is 52.6. The number of esters is 2. The normalized spacial score (nSPS) is 26.5.